The Balaban J connectivity index is 2.54. The first-order chi connectivity index (χ1) is 8.01. The van der Waals surface area contributed by atoms with Gasteiger partial charge in [0.2, 0.25) is 10.0 Å². The number of piperazine rings is 1. The van der Waals surface area contributed by atoms with Gasteiger partial charge in [-0.2, -0.15) is 4.31 Å². The highest BCUT2D eigenvalue weighted by atomic mass is 35.5. The second-order valence-electron chi connectivity index (χ2n) is 4.61. The summed E-state index contributed by atoms with van der Waals surface area (Å²) >= 11 is 5.57. The van der Waals surface area contributed by atoms with Crippen LogP contribution in [0, 0.1) is 0 Å². The minimum absolute atomic E-state index is 0.236. The number of hydrogen-bond acceptors (Lipinski definition) is 3. The fraction of sp³-hybridized carbons (Fsp3) is 1.00. The lowest BCUT2D eigenvalue weighted by Crippen LogP contribution is -2.53. The van der Waals surface area contributed by atoms with Crippen LogP contribution in [0.1, 0.15) is 26.2 Å². The minimum Gasteiger partial charge on any atom is -0.301 e. The zero-order valence-corrected chi connectivity index (χ0v) is 12.3. The molecule has 1 aliphatic heterocycles. The molecule has 0 bridgehead atoms. The lowest BCUT2D eigenvalue weighted by molar-refractivity contribution is 0.144. The summed E-state index contributed by atoms with van der Waals surface area (Å²) in [5, 5.41) is 0. The van der Waals surface area contributed by atoms with Gasteiger partial charge in [-0.05, 0) is 26.3 Å². The smallest absolute Gasteiger partial charge is 0.214 e. The number of halogens is 1. The molecular formula is C11H23ClN2O2S. The highest BCUT2D eigenvalue weighted by molar-refractivity contribution is 7.89. The van der Waals surface area contributed by atoms with Gasteiger partial charge in [-0.1, -0.05) is 6.92 Å². The third-order valence-electron chi connectivity index (χ3n) is 3.39. The summed E-state index contributed by atoms with van der Waals surface area (Å²) in [6, 6.07) is 0.353. The van der Waals surface area contributed by atoms with E-state index in [4.69, 9.17) is 11.6 Å². The molecule has 0 spiro atoms. The number of rotatable bonds is 6. The van der Waals surface area contributed by atoms with Gasteiger partial charge < -0.3 is 4.90 Å². The van der Waals surface area contributed by atoms with Gasteiger partial charge >= 0.3 is 0 Å². The average Bonchev–Trinajstić information content (AvgIpc) is 2.29. The van der Waals surface area contributed by atoms with E-state index in [-0.39, 0.29) is 5.75 Å². The Morgan fingerprint density at radius 1 is 1.29 bits per heavy atom. The second kappa shape index (κ2) is 6.92. The predicted octanol–water partition coefficient (Wildman–Crippen LogP) is 1.36. The summed E-state index contributed by atoms with van der Waals surface area (Å²) < 4.78 is 25.8. The molecule has 1 saturated heterocycles. The minimum atomic E-state index is -3.07. The molecule has 0 aromatic carbocycles. The van der Waals surface area contributed by atoms with Crippen LogP contribution in [0.4, 0.5) is 0 Å². The van der Waals surface area contributed by atoms with E-state index in [1.165, 1.54) is 0 Å². The molecule has 17 heavy (non-hydrogen) atoms. The highest BCUT2D eigenvalue weighted by Gasteiger charge is 2.30. The molecule has 4 nitrogen and oxygen atoms in total. The summed E-state index contributed by atoms with van der Waals surface area (Å²) in [6.07, 6.45) is 2.42. The molecule has 0 N–H and O–H groups in total. The van der Waals surface area contributed by atoms with Crippen molar-refractivity contribution in [2.75, 3.05) is 38.3 Å². The first-order valence-electron chi connectivity index (χ1n) is 6.25. The summed E-state index contributed by atoms with van der Waals surface area (Å²) in [5.41, 5.74) is 0. The third-order valence-corrected chi connectivity index (χ3v) is 5.58. The van der Waals surface area contributed by atoms with Crippen molar-refractivity contribution in [2.45, 2.75) is 32.2 Å². The normalized spacial score (nSPS) is 24.1. The molecule has 1 heterocycles. The first kappa shape index (κ1) is 15.2. The van der Waals surface area contributed by atoms with E-state index in [0.29, 0.717) is 31.4 Å². The molecule has 0 radical (unpaired) electrons. The number of hydrogen-bond donors (Lipinski definition) is 0. The summed E-state index contributed by atoms with van der Waals surface area (Å²) in [4.78, 5) is 2.24. The summed E-state index contributed by atoms with van der Waals surface area (Å²) in [6.45, 7) is 4.18. The average molecular weight is 283 g/mol. The lowest BCUT2D eigenvalue weighted by atomic mass is 10.1. The number of alkyl halides is 1. The van der Waals surface area contributed by atoms with Gasteiger partial charge in [0.25, 0.3) is 0 Å². The van der Waals surface area contributed by atoms with Crippen molar-refractivity contribution >= 4 is 21.6 Å². The molecule has 1 unspecified atom stereocenters. The molecule has 0 saturated carbocycles. The molecule has 0 amide bonds. The van der Waals surface area contributed by atoms with Crippen LogP contribution >= 0.6 is 11.6 Å². The van der Waals surface area contributed by atoms with Crippen LogP contribution in [0.15, 0.2) is 0 Å². The van der Waals surface area contributed by atoms with Crippen LogP contribution in [0.2, 0.25) is 0 Å². The largest absolute Gasteiger partial charge is 0.301 e. The molecule has 102 valence electrons. The highest BCUT2D eigenvalue weighted by Crippen LogP contribution is 2.15. The van der Waals surface area contributed by atoms with Crippen LogP contribution in [-0.2, 0) is 10.0 Å². The van der Waals surface area contributed by atoms with Crippen molar-refractivity contribution in [3.63, 3.8) is 0 Å². The summed E-state index contributed by atoms with van der Waals surface area (Å²) in [7, 11) is -1.01. The maximum Gasteiger partial charge on any atom is 0.214 e. The van der Waals surface area contributed by atoms with Crippen molar-refractivity contribution in [1.29, 1.82) is 0 Å². The van der Waals surface area contributed by atoms with E-state index >= 15 is 0 Å². The molecule has 0 aromatic rings. The third kappa shape index (κ3) is 4.39. The Morgan fingerprint density at radius 3 is 2.59 bits per heavy atom. The van der Waals surface area contributed by atoms with Crippen molar-refractivity contribution in [1.82, 2.24) is 9.21 Å². The molecule has 1 fully saturated rings. The monoisotopic (exact) mass is 282 g/mol. The van der Waals surface area contributed by atoms with E-state index in [1.807, 2.05) is 0 Å². The fourth-order valence-electron chi connectivity index (χ4n) is 2.12. The van der Waals surface area contributed by atoms with Crippen LogP contribution in [0.3, 0.4) is 0 Å². The van der Waals surface area contributed by atoms with Crippen molar-refractivity contribution < 1.29 is 8.42 Å². The predicted molar refractivity (Wildman–Crippen MR) is 72.0 cm³/mol. The van der Waals surface area contributed by atoms with Gasteiger partial charge in [0.15, 0.2) is 0 Å². The molecule has 0 aliphatic carbocycles. The number of likely N-dealkylation sites (N-methyl/N-ethyl adjacent to an activating group) is 1. The van der Waals surface area contributed by atoms with Gasteiger partial charge in [-0.15, -0.1) is 11.6 Å². The van der Waals surface area contributed by atoms with E-state index in [2.05, 4.69) is 18.9 Å². The van der Waals surface area contributed by atoms with Crippen molar-refractivity contribution in [3.8, 4) is 0 Å². The molecule has 0 aromatic heterocycles. The Bertz CT molecular complexity index is 321. The molecule has 1 atom stereocenters. The van der Waals surface area contributed by atoms with Gasteiger partial charge in [-0.3, -0.25) is 0 Å². The van der Waals surface area contributed by atoms with Gasteiger partial charge in [0.05, 0.1) is 5.75 Å². The SMILES string of the molecule is CCC1CN(S(=O)(=O)CCCCCl)CCN1C. The van der Waals surface area contributed by atoms with E-state index < -0.39 is 10.0 Å². The molecule has 6 heteroatoms. The van der Waals surface area contributed by atoms with E-state index in [0.717, 1.165) is 19.4 Å². The Kier molecular flexibility index (Phi) is 6.20. The Hall–Kier alpha value is 0.160. The lowest BCUT2D eigenvalue weighted by Gasteiger charge is -2.38. The van der Waals surface area contributed by atoms with Gasteiger partial charge in [0, 0.05) is 31.6 Å². The van der Waals surface area contributed by atoms with Crippen LogP contribution < -0.4 is 0 Å². The van der Waals surface area contributed by atoms with E-state index in [9.17, 15) is 8.42 Å². The quantitative estimate of drug-likeness (QED) is 0.546. The number of sulfonamides is 1. The zero-order valence-electron chi connectivity index (χ0n) is 10.7. The fourth-order valence-corrected chi connectivity index (χ4v) is 3.89. The van der Waals surface area contributed by atoms with Crippen LogP contribution in [-0.4, -0.2) is 62.0 Å². The molecule has 1 aliphatic rings. The van der Waals surface area contributed by atoms with Crippen LogP contribution in [0.5, 0.6) is 0 Å². The summed E-state index contributed by atoms with van der Waals surface area (Å²) in [5.74, 6) is 0.774. The zero-order chi connectivity index (χ0) is 12.9. The topological polar surface area (TPSA) is 40.6 Å². The number of nitrogens with zero attached hydrogens (tertiary/aromatic N) is 2. The Labute approximate surface area is 110 Å². The second-order valence-corrected chi connectivity index (χ2v) is 7.08. The van der Waals surface area contributed by atoms with Gasteiger partial charge in [0.1, 0.15) is 0 Å². The van der Waals surface area contributed by atoms with Crippen LogP contribution in [0.25, 0.3) is 0 Å². The van der Waals surface area contributed by atoms with E-state index in [1.54, 1.807) is 4.31 Å². The van der Waals surface area contributed by atoms with Crippen molar-refractivity contribution in [2.24, 2.45) is 0 Å². The Morgan fingerprint density at radius 2 is 2.00 bits per heavy atom. The number of unbranched alkanes of at least 4 members (excludes halogenated alkanes) is 1. The molecular weight excluding hydrogens is 260 g/mol. The van der Waals surface area contributed by atoms with Gasteiger partial charge in [-0.25, -0.2) is 8.42 Å². The first-order valence-corrected chi connectivity index (χ1v) is 8.39. The standard InChI is InChI=1S/C11H23ClN2O2S/c1-3-11-10-14(8-7-13(11)2)17(15,16)9-5-4-6-12/h11H,3-10H2,1-2H3. The molecule has 1 rings (SSSR count). The maximum atomic E-state index is 12.1. The maximum absolute atomic E-state index is 12.1. The van der Waals surface area contributed by atoms with Crippen molar-refractivity contribution in [3.05, 3.63) is 0 Å².